The molecule has 7 nitrogen and oxygen atoms in total. The Morgan fingerprint density at radius 3 is 2.53 bits per heavy atom. The molecule has 0 aliphatic carbocycles. The third-order valence-electron chi connectivity index (χ3n) is 4.93. The van der Waals surface area contributed by atoms with Gasteiger partial charge in [-0.15, -0.1) is 11.3 Å². The number of thiazole rings is 1. The molecule has 2 N–H and O–H groups in total. The Balaban J connectivity index is 1.54. The molecule has 2 heterocycles. The lowest BCUT2D eigenvalue weighted by molar-refractivity contribution is -0.133. The molecule has 1 fully saturated rings. The Bertz CT molecular complexity index is 1120. The predicted molar refractivity (Wildman–Crippen MR) is 114 cm³/mol. The van der Waals surface area contributed by atoms with Gasteiger partial charge in [-0.3, -0.25) is 15.0 Å². The number of carbonyl (C=O) groups excluding carboxylic acids is 3. The molecule has 0 saturated carbocycles. The third kappa shape index (κ3) is 3.44. The number of hydrogen-bond donors (Lipinski definition) is 2. The average molecular weight is 441 g/mol. The number of carbonyl (C=O) groups is 3. The standard InChI is InChI=1S/C21H17ClN4O3S/c1-2-21(14-6-4-3-5-7-14)19(28)26(20(29)24-21)25-17(27)16-12-30-18(23-16)13-8-10-15(22)11-9-13/h3-12H,2H2,1H3,(H,24,29)(H,25,27). The van der Waals surface area contributed by atoms with Gasteiger partial charge in [-0.25, -0.2) is 9.78 Å². The smallest absolute Gasteiger partial charge is 0.318 e. The van der Waals surface area contributed by atoms with Gasteiger partial charge in [0, 0.05) is 16.0 Å². The fourth-order valence-corrected chi connectivity index (χ4v) is 4.23. The van der Waals surface area contributed by atoms with E-state index >= 15 is 0 Å². The van der Waals surface area contributed by atoms with Crippen molar-refractivity contribution in [3.63, 3.8) is 0 Å². The van der Waals surface area contributed by atoms with Gasteiger partial charge in [0.05, 0.1) is 0 Å². The Morgan fingerprint density at radius 2 is 1.87 bits per heavy atom. The van der Waals surface area contributed by atoms with Crippen molar-refractivity contribution in [1.82, 2.24) is 20.7 Å². The molecule has 4 rings (SSSR count). The van der Waals surface area contributed by atoms with E-state index in [1.165, 1.54) is 11.3 Å². The van der Waals surface area contributed by atoms with Gasteiger partial charge in [-0.05, 0) is 24.1 Å². The third-order valence-corrected chi connectivity index (χ3v) is 6.07. The van der Waals surface area contributed by atoms with Crippen LogP contribution in [0.3, 0.4) is 0 Å². The second kappa shape index (κ2) is 7.89. The van der Waals surface area contributed by atoms with Crippen molar-refractivity contribution in [2.75, 3.05) is 0 Å². The van der Waals surface area contributed by atoms with E-state index in [1.54, 1.807) is 60.8 Å². The molecule has 9 heteroatoms. The van der Waals surface area contributed by atoms with Gasteiger partial charge in [0.2, 0.25) is 0 Å². The number of nitrogens with one attached hydrogen (secondary N) is 2. The van der Waals surface area contributed by atoms with Crippen molar-refractivity contribution < 1.29 is 14.4 Å². The van der Waals surface area contributed by atoms with Crippen LogP contribution in [0.4, 0.5) is 4.79 Å². The summed E-state index contributed by atoms with van der Waals surface area (Å²) in [6.07, 6.45) is 0.339. The summed E-state index contributed by atoms with van der Waals surface area (Å²) >= 11 is 7.18. The zero-order chi connectivity index (χ0) is 21.3. The summed E-state index contributed by atoms with van der Waals surface area (Å²) in [7, 11) is 0. The summed E-state index contributed by atoms with van der Waals surface area (Å²) in [5.41, 5.74) is 2.74. The van der Waals surface area contributed by atoms with Crippen molar-refractivity contribution in [3.05, 3.63) is 76.3 Å². The maximum Gasteiger partial charge on any atom is 0.344 e. The van der Waals surface area contributed by atoms with E-state index in [0.29, 0.717) is 22.0 Å². The van der Waals surface area contributed by atoms with Crippen LogP contribution >= 0.6 is 22.9 Å². The van der Waals surface area contributed by atoms with Crippen molar-refractivity contribution >= 4 is 40.8 Å². The molecule has 0 radical (unpaired) electrons. The second-order valence-electron chi connectivity index (χ2n) is 6.68. The van der Waals surface area contributed by atoms with Crippen LogP contribution in [0.5, 0.6) is 0 Å². The SMILES string of the molecule is CCC1(c2ccccc2)NC(=O)N(NC(=O)c2csc(-c3ccc(Cl)cc3)n2)C1=O. The summed E-state index contributed by atoms with van der Waals surface area (Å²) in [4.78, 5) is 42.6. The van der Waals surface area contributed by atoms with Gasteiger partial charge in [0.25, 0.3) is 11.8 Å². The van der Waals surface area contributed by atoms with Gasteiger partial charge >= 0.3 is 6.03 Å². The van der Waals surface area contributed by atoms with Crippen molar-refractivity contribution in [2.45, 2.75) is 18.9 Å². The van der Waals surface area contributed by atoms with Gasteiger partial charge in [-0.2, -0.15) is 5.01 Å². The van der Waals surface area contributed by atoms with Gasteiger partial charge in [-0.1, -0.05) is 61.0 Å². The molecule has 1 saturated heterocycles. The summed E-state index contributed by atoms with van der Waals surface area (Å²) in [5, 5.41) is 6.24. The lowest BCUT2D eigenvalue weighted by atomic mass is 9.87. The molecule has 152 valence electrons. The molecule has 30 heavy (non-hydrogen) atoms. The van der Waals surface area contributed by atoms with Crippen LogP contribution in [0.2, 0.25) is 5.02 Å². The van der Waals surface area contributed by atoms with Crippen LogP contribution in [0.1, 0.15) is 29.4 Å². The molecule has 1 aliphatic rings. The van der Waals surface area contributed by atoms with Crippen molar-refractivity contribution in [2.24, 2.45) is 0 Å². The minimum Gasteiger partial charge on any atom is -0.318 e. The topological polar surface area (TPSA) is 91.4 Å². The number of hydrazine groups is 1. The quantitative estimate of drug-likeness (QED) is 0.587. The van der Waals surface area contributed by atoms with Crippen LogP contribution in [0.15, 0.2) is 60.0 Å². The Kier molecular flexibility index (Phi) is 5.27. The maximum absolute atomic E-state index is 13.1. The predicted octanol–water partition coefficient (Wildman–Crippen LogP) is 3.97. The van der Waals surface area contributed by atoms with E-state index in [2.05, 4.69) is 15.7 Å². The first-order chi connectivity index (χ1) is 14.4. The highest BCUT2D eigenvalue weighted by atomic mass is 35.5. The lowest BCUT2D eigenvalue weighted by Crippen LogP contribution is -2.48. The number of hydrogen-bond acceptors (Lipinski definition) is 5. The fourth-order valence-electron chi connectivity index (χ4n) is 3.30. The van der Waals surface area contributed by atoms with Gasteiger partial charge in [0.15, 0.2) is 0 Å². The van der Waals surface area contributed by atoms with Crippen LogP contribution in [-0.2, 0) is 10.3 Å². The van der Waals surface area contributed by atoms with E-state index in [0.717, 1.165) is 10.6 Å². The first-order valence-corrected chi connectivity index (χ1v) is 10.4. The Hall–Kier alpha value is -3.23. The molecular weight excluding hydrogens is 424 g/mol. The molecule has 2 aromatic carbocycles. The highest BCUT2D eigenvalue weighted by molar-refractivity contribution is 7.13. The zero-order valence-corrected chi connectivity index (χ0v) is 17.5. The number of aromatic nitrogens is 1. The number of benzene rings is 2. The van der Waals surface area contributed by atoms with Crippen LogP contribution in [-0.4, -0.2) is 27.8 Å². The first kappa shape index (κ1) is 20.1. The minimum atomic E-state index is -1.22. The highest BCUT2D eigenvalue weighted by Gasteiger charge is 2.52. The Morgan fingerprint density at radius 1 is 1.17 bits per heavy atom. The summed E-state index contributed by atoms with van der Waals surface area (Å²) in [5.74, 6) is -1.18. The molecule has 1 aliphatic heterocycles. The normalized spacial score (nSPS) is 18.4. The zero-order valence-electron chi connectivity index (χ0n) is 15.9. The minimum absolute atomic E-state index is 0.110. The van der Waals surface area contributed by atoms with Crippen LogP contribution in [0.25, 0.3) is 10.6 Å². The maximum atomic E-state index is 13.1. The Labute approximate surface area is 181 Å². The first-order valence-electron chi connectivity index (χ1n) is 9.19. The van der Waals surface area contributed by atoms with E-state index in [-0.39, 0.29) is 5.69 Å². The number of urea groups is 1. The number of imide groups is 1. The number of nitrogens with zero attached hydrogens (tertiary/aromatic N) is 2. The molecule has 3 aromatic rings. The van der Waals surface area contributed by atoms with Gasteiger partial charge < -0.3 is 5.32 Å². The fraction of sp³-hybridized carbons (Fsp3) is 0.143. The number of rotatable bonds is 5. The van der Waals surface area contributed by atoms with E-state index in [9.17, 15) is 14.4 Å². The molecule has 1 unspecified atom stereocenters. The molecular formula is C21H17ClN4O3S. The summed E-state index contributed by atoms with van der Waals surface area (Å²) in [6.45, 7) is 1.80. The molecule has 0 spiro atoms. The highest BCUT2D eigenvalue weighted by Crippen LogP contribution is 2.32. The largest absolute Gasteiger partial charge is 0.344 e. The van der Waals surface area contributed by atoms with Crippen LogP contribution < -0.4 is 10.7 Å². The van der Waals surface area contributed by atoms with Crippen LogP contribution in [0, 0.1) is 0 Å². The second-order valence-corrected chi connectivity index (χ2v) is 7.98. The lowest BCUT2D eigenvalue weighted by Gasteiger charge is -2.25. The van der Waals surface area contributed by atoms with Crippen molar-refractivity contribution in [1.29, 1.82) is 0 Å². The van der Waals surface area contributed by atoms with E-state index in [4.69, 9.17) is 11.6 Å². The summed E-state index contributed by atoms with van der Waals surface area (Å²) in [6, 6.07) is 15.3. The van der Waals surface area contributed by atoms with E-state index < -0.39 is 23.4 Å². The monoisotopic (exact) mass is 440 g/mol. The molecule has 0 bridgehead atoms. The van der Waals surface area contributed by atoms with E-state index in [1.807, 2.05) is 6.07 Å². The number of halogens is 1. The molecule has 4 amide bonds. The number of amides is 4. The van der Waals surface area contributed by atoms with Crippen molar-refractivity contribution in [3.8, 4) is 10.6 Å². The molecule has 1 atom stereocenters. The average Bonchev–Trinajstić information content (AvgIpc) is 3.34. The summed E-state index contributed by atoms with van der Waals surface area (Å²) < 4.78 is 0. The molecule has 1 aromatic heterocycles. The van der Waals surface area contributed by atoms with Gasteiger partial charge in [0.1, 0.15) is 16.2 Å².